The number of allylic oxidation sites excluding steroid dienone is 3. The van der Waals surface area contributed by atoms with Gasteiger partial charge in [0.2, 0.25) is 6.41 Å². The zero-order valence-electron chi connectivity index (χ0n) is 23.1. The minimum Gasteiger partial charge on any atom is -0.379 e. The van der Waals surface area contributed by atoms with Crippen LogP contribution in [0.1, 0.15) is 50.0 Å². The molecule has 2 amide bonds. The maximum absolute atomic E-state index is 14.8. The molecule has 2 aliphatic heterocycles. The zero-order valence-corrected chi connectivity index (χ0v) is 23.9. The third-order valence-electron chi connectivity index (χ3n) is 6.35. The molecule has 1 saturated heterocycles. The summed E-state index contributed by atoms with van der Waals surface area (Å²) in [6, 6.07) is 12.4. The molecule has 0 spiro atoms. The van der Waals surface area contributed by atoms with Crippen molar-refractivity contribution >= 4 is 29.2 Å². The SMILES string of the molecule is C/C=C\C=C/N(C)C=O.CC.CC12CCOCC1(c1ccc(F)cc1F)N=C(NC(=O)c1ccccc1)SC2. The van der Waals surface area contributed by atoms with E-state index < -0.39 is 17.2 Å². The van der Waals surface area contributed by atoms with Gasteiger partial charge in [0.05, 0.1) is 6.61 Å². The predicted molar refractivity (Wildman–Crippen MR) is 155 cm³/mol. The average molecular weight is 558 g/mol. The first-order chi connectivity index (χ1) is 18.7. The maximum Gasteiger partial charge on any atom is 0.257 e. The summed E-state index contributed by atoms with van der Waals surface area (Å²) in [5, 5.41) is 3.25. The van der Waals surface area contributed by atoms with Gasteiger partial charge in [0.1, 0.15) is 17.2 Å². The number of fused-ring (bicyclic) bond motifs is 1. The van der Waals surface area contributed by atoms with Crippen LogP contribution in [0.4, 0.5) is 8.78 Å². The molecule has 6 nitrogen and oxygen atoms in total. The Balaban J connectivity index is 0.000000415. The normalized spacial score (nSPS) is 22.0. The Morgan fingerprint density at radius 3 is 2.51 bits per heavy atom. The van der Waals surface area contributed by atoms with Gasteiger partial charge in [-0.25, -0.2) is 13.8 Å². The molecule has 2 unspecified atom stereocenters. The number of nitrogens with one attached hydrogen (secondary N) is 1. The minimum absolute atomic E-state index is 0.178. The number of thioether (sulfide) groups is 1. The lowest BCUT2D eigenvalue weighted by Crippen LogP contribution is -2.55. The van der Waals surface area contributed by atoms with Crippen molar-refractivity contribution in [2.75, 3.05) is 26.0 Å². The van der Waals surface area contributed by atoms with E-state index in [9.17, 15) is 18.4 Å². The van der Waals surface area contributed by atoms with E-state index in [2.05, 4.69) is 5.32 Å². The highest BCUT2D eigenvalue weighted by molar-refractivity contribution is 8.14. The highest BCUT2D eigenvalue weighted by Gasteiger charge is 2.55. The monoisotopic (exact) mass is 557 g/mol. The van der Waals surface area contributed by atoms with E-state index in [1.165, 1.54) is 28.8 Å². The van der Waals surface area contributed by atoms with Gasteiger partial charge in [-0.15, -0.1) is 0 Å². The number of nitrogens with zero attached hydrogens (tertiary/aromatic N) is 2. The topological polar surface area (TPSA) is 71.0 Å². The molecule has 2 aromatic rings. The Morgan fingerprint density at radius 2 is 1.87 bits per heavy atom. The van der Waals surface area contributed by atoms with Crippen molar-refractivity contribution in [3.8, 4) is 0 Å². The van der Waals surface area contributed by atoms with Crippen LogP contribution < -0.4 is 5.32 Å². The largest absolute Gasteiger partial charge is 0.379 e. The molecule has 4 rings (SSSR count). The molecule has 2 aliphatic rings. The molecule has 39 heavy (non-hydrogen) atoms. The second kappa shape index (κ2) is 15.3. The van der Waals surface area contributed by atoms with Gasteiger partial charge in [-0.3, -0.25) is 9.59 Å². The van der Waals surface area contributed by atoms with E-state index in [0.29, 0.717) is 35.1 Å². The fraction of sp³-hybridized carbons (Fsp3) is 0.367. The molecule has 9 heteroatoms. The van der Waals surface area contributed by atoms with Crippen LogP contribution in [-0.2, 0) is 15.1 Å². The van der Waals surface area contributed by atoms with E-state index in [1.807, 2.05) is 45.9 Å². The average Bonchev–Trinajstić information content (AvgIpc) is 2.95. The number of rotatable bonds is 5. The van der Waals surface area contributed by atoms with E-state index in [0.717, 1.165) is 12.5 Å². The third-order valence-corrected chi connectivity index (χ3v) is 7.60. The van der Waals surface area contributed by atoms with Gasteiger partial charge in [0.25, 0.3) is 5.91 Å². The molecule has 0 radical (unpaired) electrons. The fourth-order valence-electron chi connectivity index (χ4n) is 4.13. The second-order valence-electron chi connectivity index (χ2n) is 9.01. The summed E-state index contributed by atoms with van der Waals surface area (Å²) in [5.74, 6) is -0.924. The van der Waals surface area contributed by atoms with Crippen molar-refractivity contribution in [3.05, 3.63) is 95.7 Å². The zero-order chi connectivity index (χ0) is 28.9. The number of carbonyl (C=O) groups is 2. The fourth-order valence-corrected chi connectivity index (χ4v) is 5.36. The predicted octanol–water partition coefficient (Wildman–Crippen LogP) is 6.31. The molecular weight excluding hydrogens is 520 g/mol. The van der Waals surface area contributed by atoms with Crippen LogP contribution in [0, 0.1) is 17.0 Å². The summed E-state index contributed by atoms with van der Waals surface area (Å²) in [6.07, 6.45) is 8.69. The van der Waals surface area contributed by atoms with E-state index in [1.54, 1.807) is 43.6 Å². The molecule has 0 aromatic heterocycles. The van der Waals surface area contributed by atoms with Gasteiger partial charge in [0, 0.05) is 48.2 Å². The van der Waals surface area contributed by atoms with Crippen molar-refractivity contribution in [2.24, 2.45) is 10.4 Å². The van der Waals surface area contributed by atoms with Crippen LogP contribution in [0.2, 0.25) is 0 Å². The lowest BCUT2D eigenvalue weighted by Gasteiger charge is -2.51. The summed E-state index contributed by atoms with van der Waals surface area (Å²) in [7, 11) is 1.69. The van der Waals surface area contributed by atoms with E-state index in [-0.39, 0.29) is 17.9 Å². The summed E-state index contributed by atoms with van der Waals surface area (Å²) >= 11 is 1.44. The molecule has 0 bridgehead atoms. The Bertz CT molecular complexity index is 1190. The number of hydrogen-bond donors (Lipinski definition) is 1. The number of benzene rings is 2. The van der Waals surface area contributed by atoms with Gasteiger partial charge in [-0.2, -0.15) is 0 Å². The van der Waals surface area contributed by atoms with Crippen molar-refractivity contribution in [3.63, 3.8) is 0 Å². The maximum atomic E-state index is 14.8. The molecule has 0 aliphatic carbocycles. The first kappa shape index (κ1) is 31.9. The Kier molecular flexibility index (Phi) is 12.5. The Labute approximate surface area is 234 Å². The van der Waals surface area contributed by atoms with Crippen LogP contribution in [0.25, 0.3) is 0 Å². The molecule has 2 heterocycles. The lowest BCUT2D eigenvalue weighted by atomic mass is 9.65. The lowest BCUT2D eigenvalue weighted by molar-refractivity contribution is -0.114. The first-order valence-electron chi connectivity index (χ1n) is 12.8. The quantitative estimate of drug-likeness (QED) is 0.346. The van der Waals surface area contributed by atoms with Gasteiger partial charge in [0.15, 0.2) is 5.17 Å². The van der Waals surface area contributed by atoms with Crippen LogP contribution in [0.3, 0.4) is 0 Å². The highest BCUT2D eigenvalue weighted by atomic mass is 32.2. The number of halogens is 2. The third kappa shape index (κ3) is 8.10. The second-order valence-corrected chi connectivity index (χ2v) is 9.98. The van der Waals surface area contributed by atoms with Crippen LogP contribution in [-0.4, -0.2) is 48.4 Å². The molecule has 2 atom stereocenters. The van der Waals surface area contributed by atoms with E-state index in [4.69, 9.17) is 9.73 Å². The molecule has 1 fully saturated rings. The number of amides is 2. The summed E-state index contributed by atoms with van der Waals surface area (Å²) in [5.41, 5.74) is -0.590. The van der Waals surface area contributed by atoms with Gasteiger partial charge in [-0.1, -0.05) is 69.0 Å². The van der Waals surface area contributed by atoms with Crippen LogP contribution >= 0.6 is 11.8 Å². The first-order valence-corrected chi connectivity index (χ1v) is 13.8. The van der Waals surface area contributed by atoms with Crippen molar-refractivity contribution in [2.45, 2.75) is 39.7 Å². The smallest absolute Gasteiger partial charge is 0.257 e. The van der Waals surface area contributed by atoms with Crippen LogP contribution in [0.5, 0.6) is 0 Å². The van der Waals surface area contributed by atoms with Crippen molar-refractivity contribution < 1.29 is 23.1 Å². The number of aliphatic imine (C=N–C) groups is 1. The molecule has 2 aromatic carbocycles. The summed E-state index contributed by atoms with van der Waals surface area (Å²) < 4.78 is 34.0. The van der Waals surface area contributed by atoms with Crippen molar-refractivity contribution in [1.82, 2.24) is 10.2 Å². The number of ether oxygens (including phenoxy) is 1. The Hall–Kier alpha value is -3.30. The Morgan fingerprint density at radius 1 is 1.15 bits per heavy atom. The number of hydrogen-bond acceptors (Lipinski definition) is 5. The number of amidine groups is 1. The molecule has 0 saturated carbocycles. The van der Waals surface area contributed by atoms with Crippen LogP contribution in [0.15, 0.2) is 78.0 Å². The summed E-state index contributed by atoms with van der Waals surface area (Å²) in [6.45, 7) is 8.70. The highest BCUT2D eigenvalue weighted by Crippen LogP contribution is 2.53. The molecular formula is C30H37F2N3O3S. The number of carbonyl (C=O) groups excluding carboxylic acids is 2. The minimum atomic E-state index is -1.02. The molecule has 210 valence electrons. The molecule has 1 N–H and O–H groups in total. The van der Waals surface area contributed by atoms with Crippen molar-refractivity contribution in [1.29, 1.82) is 0 Å². The van der Waals surface area contributed by atoms with Gasteiger partial charge in [-0.05, 0) is 37.6 Å². The van der Waals surface area contributed by atoms with Gasteiger partial charge >= 0.3 is 0 Å². The standard InChI is InChI=1S/C21H20F2N2O2S.C7H11NO.C2H6/c1-20-9-10-27-12-21(20,16-8-7-15(22)11-17(16)23)25-19(28-13-20)24-18(26)14-5-3-2-4-6-14;1-3-4-5-6-8(2)7-9;1-2/h2-8,11H,9-10,12-13H2,1H3,(H,24,25,26);3-7H,1-2H3;1-2H3/b;4-3-,6-5-;. The van der Waals surface area contributed by atoms with Gasteiger partial charge < -0.3 is 15.0 Å². The van der Waals surface area contributed by atoms with E-state index >= 15 is 0 Å². The summed E-state index contributed by atoms with van der Waals surface area (Å²) in [4.78, 5) is 28.7.